The Labute approximate surface area is 140 Å². The van der Waals surface area contributed by atoms with Gasteiger partial charge in [-0.15, -0.1) is 0 Å². The summed E-state index contributed by atoms with van der Waals surface area (Å²) in [5, 5.41) is 13.3. The molecule has 0 aliphatic carbocycles. The molecule has 23 heavy (non-hydrogen) atoms. The van der Waals surface area contributed by atoms with Crippen molar-refractivity contribution in [2.24, 2.45) is 0 Å². The van der Waals surface area contributed by atoms with Crippen LogP contribution in [0.25, 0.3) is 5.69 Å². The monoisotopic (exact) mass is 379 g/mol. The lowest BCUT2D eigenvalue weighted by atomic mass is 10.2. The lowest BCUT2D eigenvalue weighted by Gasteiger charge is -2.30. The number of hydrogen-bond acceptors (Lipinski definition) is 4. The van der Waals surface area contributed by atoms with Crippen LogP contribution in [0.3, 0.4) is 0 Å². The number of benzene rings is 1. The first-order valence-electron chi connectivity index (χ1n) is 7.00. The molecule has 1 amide bonds. The van der Waals surface area contributed by atoms with Crippen LogP contribution in [0, 0.1) is 0 Å². The van der Waals surface area contributed by atoms with Gasteiger partial charge in [0.05, 0.1) is 18.8 Å². The topological polar surface area (TPSA) is 84.7 Å². The van der Waals surface area contributed by atoms with Gasteiger partial charge in [0, 0.05) is 17.2 Å². The Morgan fingerprint density at radius 2 is 2.17 bits per heavy atom. The third kappa shape index (κ3) is 3.43. The number of carbonyl (C=O) groups is 2. The van der Waals surface area contributed by atoms with Gasteiger partial charge in [-0.2, -0.15) is 5.10 Å². The van der Waals surface area contributed by atoms with Crippen LogP contribution in [-0.4, -0.2) is 57.5 Å². The minimum Gasteiger partial charge on any atom is -0.479 e. The second-order valence-corrected chi connectivity index (χ2v) is 5.99. The molecule has 0 bridgehead atoms. The maximum Gasteiger partial charge on any atom is 0.334 e. The Bertz CT molecular complexity index is 746. The fraction of sp³-hybridized carbons (Fsp3) is 0.267. The summed E-state index contributed by atoms with van der Waals surface area (Å²) in [4.78, 5) is 24.9. The minimum absolute atomic E-state index is 0.0257. The summed E-state index contributed by atoms with van der Waals surface area (Å²) in [6, 6.07) is 9.16. The van der Waals surface area contributed by atoms with E-state index < -0.39 is 12.1 Å². The molecule has 3 rings (SSSR count). The molecule has 1 aliphatic heterocycles. The number of aromatic nitrogens is 2. The van der Waals surface area contributed by atoms with Crippen molar-refractivity contribution in [3.05, 3.63) is 46.7 Å². The first-order chi connectivity index (χ1) is 11.0. The number of aliphatic carboxylic acids is 1. The van der Waals surface area contributed by atoms with Crippen molar-refractivity contribution < 1.29 is 19.4 Å². The zero-order valence-electron chi connectivity index (χ0n) is 12.1. The van der Waals surface area contributed by atoms with E-state index in [-0.39, 0.29) is 24.8 Å². The van der Waals surface area contributed by atoms with Crippen molar-refractivity contribution in [1.82, 2.24) is 14.7 Å². The number of carbonyl (C=O) groups excluding carboxylic acids is 1. The molecule has 1 aromatic heterocycles. The number of hydrogen-bond donors (Lipinski definition) is 1. The predicted molar refractivity (Wildman–Crippen MR) is 84.5 cm³/mol. The molecule has 1 aromatic carbocycles. The normalized spacial score (nSPS) is 18.0. The minimum atomic E-state index is -1.07. The Hall–Kier alpha value is -2.19. The van der Waals surface area contributed by atoms with E-state index in [2.05, 4.69) is 21.0 Å². The predicted octanol–water partition coefficient (Wildman–Crippen LogP) is 1.56. The molecule has 1 fully saturated rings. The van der Waals surface area contributed by atoms with Crippen molar-refractivity contribution >= 4 is 27.8 Å². The lowest BCUT2D eigenvalue weighted by molar-refractivity contribution is -0.154. The number of amides is 1. The number of carboxylic acids is 1. The molecule has 0 radical (unpaired) electrons. The highest BCUT2D eigenvalue weighted by Gasteiger charge is 2.30. The van der Waals surface area contributed by atoms with Crippen LogP contribution in [0.5, 0.6) is 0 Å². The molecule has 2 aromatic rings. The van der Waals surface area contributed by atoms with Gasteiger partial charge in [-0.05, 0) is 24.3 Å². The summed E-state index contributed by atoms with van der Waals surface area (Å²) in [6.07, 6.45) is 0.712. The Morgan fingerprint density at radius 3 is 2.91 bits per heavy atom. The molecular formula is C15H14BrN3O4. The number of carboxylic acid groups (broad SMARTS) is 1. The van der Waals surface area contributed by atoms with Crippen LogP contribution in [0.15, 0.2) is 41.0 Å². The van der Waals surface area contributed by atoms with Gasteiger partial charge in [-0.1, -0.05) is 22.0 Å². The Kier molecular flexibility index (Phi) is 4.44. The Morgan fingerprint density at radius 1 is 1.35 bits per heavy atom. The molecule has 0 unspecified atom stereocenters. The summed E-state index contributed by atoms with van der Waals surface area (Å²) in [5.74, 6) is -1.37. The second kappa shape index (κ2) is 6.51. The highest BCUT2D eigenvalue weighted by atomic mass is 79.9. The van der Waals surface area contributed by atoms with Gasteiger partial charge in [-0.25, -0.2) is 9.48 Å². The van der Waals surface area contributed by atoms with Gasteiger partial charge in [-0.3, -0.25) is 4.79 Å². The van der Waals surface area contributed by atoms with Crippen molar-refractivity contribution in [3.63, 3.8) is 0 Å². The van der Waals surface area contributed by atoms with E-state index in [1.807, 2.05) is 24.3 Å². The van der Waals surface area contributed by atoms with Crippen LogP contribution >= 0.6 is 15.9 Å². The van der Waals surface area contributed by atoms with E-state index in [0.29, 0.717) is 6.54 Å². The first kappa shape index (κ1) is 15.7. The van der Waals surface area contributed by atoms with Gasteiger partial charge in [0.1, 0.15) is 0 Å². The zero-order chi connectivity index (χ0) is 16.4. The summed E-state index contributed by atoms with van der Waals surface area (Å²) in [7, 11) is 0. The summed E-state index contributed by atoms with van der Waals surface area (Å²) < 4.78 is 7.64. The molecule has 1 saturated heterocycles. The summed E-state index contributed by atoms with van der Waals surface area (Å²) in [6.45, 7) is 0.583. The van der Waals surface area contributed by atoms with E-state index in [1.165, 1.54) is 4.90 Å². The fourth-order valence-corrected chi connectivity index (χ4v) is 2.73. The highest BCUT2D eigenvalue weighted by molar-refractivity contribution is 9.10. The van der Waals surface area contributed by atoms with Gasteiger partial charge in [0.2, 0.25) is 0 Å². The van der Waals surface area contributed by atoms with Gasteiger partial charge in [0.25, 0.3) is 5.91 Å². The van der Waals surface area contributed by atoms with Crippen LogP contribution in [0.1, 0.15) is 10.5 Å². The largest absolute Gasteiger partial charge is 0.479 e. The van der Waals surface area contributed by atoms with Crippen molar-refractivity contribution in [3.8, 4) is 5.69 Å². The number of rotatable bonds is 3. The quantitative estimate of drug-likeness (QED) is 0.874. The zero-order valence-corrected chi connectivity index (χ0v) is 13.6. The molecule has 0 spiro atoms. The van der Waals surface area contributed by atoms with Crippen LogP contribution < -0.4 is 0 Å². The lowest BCUT2D eigenvalue weighted by Crippen LogP contribution is -2.48. The molecule has 8 heteroatoms. The number of nitrogens with zero attached hydrogens (tertiary/aromatic N) is 3. The third-order valence-corrected chi connectivity index (χ3v) is 4.00. The number of morpholine rings is 1. The fourth-order valence-electron chi connectivity index (χ4n) is 2.35. The molecule has 7 nitrogen and oxygen atoms in total. The van der Waals surface area contributed by atoms with Crippen molar-refractivity contribution in [2.75, 3.05) is 19.7 Å². The average molecular weight is 380 g/mol. The van der Waals surface area contributed by atoms with Gasteiger partial charge < -0.3 is 14.7 Å². The van der Waals surface area contributed by atoms with Gasteiger partial charge in [0.15, 0.2) is 11.8 Å². The molecule has 2 heterocycles. The summed E-state index contributed by atoms with van der Waals surface area (Å²) >= 11 is 3.39. The highest BCUT2D eigenvalue weighted by Crippen LogP contribution is 2.16. The van der Waals surface area contributed by atoms with E-state index in [0.717, 1.165) is 10.2 Å². The van der Waals surface area contributed by atoms with Gasteiger partial charge >= 0.3 is 5.97 Å². The van der Waals surface area contributed by atoms with Crippen LogP contribution in [0.4, 0.5) is 0 Å². The van der Waals surface area contributed by atoms with E-state index in [1.54, 1.807) is 16.9 Å². The maximum atomic E-state index is 12.5. The molecule has 1 atom stereocenters. The van der Waals surface area contributed by atoms with Crippen molar-refractivity contribution in [1.29, 1.82) is 0 Å². The molecule has 0 saturated carbocycles. The maximum absolute atomic E-state index is 12.5. The summed E-state index contributed by atoms with van der Waals surface area (Å²) in [5.41, 5.74) is 1.10. The Balaban J connectivity index is 1.77. The molecule has 1 N–H and O–H groups in total. The first-order valence-corrected chi connectivity index (χ1v) is 7.79. The molecule has 1 aliphatic rings. The van der Waals surface area contributed by atoms with Crippen molar-refractivity contribution in [2.45, 2.75) is 6.10 Å². The number of halogens is 1. The van der Waals surface area contributed by atoms with Crippen LogP contribution in [-0.2, 0) is 9.53 Å². The smallest absolute Gasteiger partial charge is 0.334 e. The van der Waals surface area contributed by atoms with Crippen LogP contribution in [0.2, 0.25) is 0 Å². The molecular weight excluding hydrogens is 366 g/mol. The van der Waals surface area contributed by atoms with E-state index in [9.17, 15) is 9.59 Å². The van der Waals surface area contributed by atoms with E-state index >= 15 is 0 Å². The molecule has 120 valence electrons. The van der Waals surface area contributed by atoms with E-state index in [4.69, 9.17) is 9.84 Å². The third-order valence-electron chi connectivity index (χ3n) is 3.51. The SMILES string of the molecule is O=C(O)[C@H]1CN(C(=O)c2ccn(-c3cccc(Br)c3)n2)CCO1. The average Bonchev–Trinajstić information content (AvgIpc) is 3.04. The number of ether oxygens (including phenoxy) is 1. The standard InChI is InChI=1S/C15H14BrN3O4/c16-10-2-1-3-11(8-10)19-5-4-12(17-19)14(20)18-6-7-23-13(9-18)15(21)22/h1-5,8,13H,6-7,9H2,(H,21,22)/t13-/m1/s1. The second-order valence-electron chi connectivity index (χ2n) is 5.07.